The van der Waals surface area contributed by atoms with Gasteiger partial charge < -0.3 is 10.2 Å². The van der Waals surface area contributed by atoms with Crippen molar-refractivity contribution in [2.45, 2.75) is 50.7 Å². The Morgan fingerprint density at radius 3 is 2.27 bits per heavy atom. The van der Waals surface area contributed by atoms with Crippen LogP contribution in [0.15, 0.2) is 24.3 Å². The van der Waals surface area contributed by atoms with E-state index in [4.69, 9.17) is 0 Å². The lowest BCUT2D eigenvalue weighted by Crippen LogP contribution is -2.49. The molecule has 2 unspecified atom stereocenters. The van der Waals surface area contributed by atoms with Crippen LogP contribution in [0, 0.1) is 5.92 Å². The zero-order chi connectivity index (χ0) is 15.5. The Hall–Kier alpha value is -1.39. The number of phenolic OH excluding ortho intramolecular Hbond substituents is 1. The predicted molar refractivity (Wildman–Crippen MR) is 85.0 cm³/mol. The fraction of sp³-hybridized carbons (Fsp3) is 0.611. The van der Waals surface area contributed by atoms with Crippen LogP contribution in [0.4, 0.5) is 0 Å². The quantitative estimate of drug-likeness (QED) is 0.843. The Kier molecular flexibility index (Phi) is 4.79. The topological polar surface area (TPSA) is 60.8 Å². The van der Waals surface area contributed by atoms with Gasteiger partial charge in [-0.25, -0.2) is 0 Å². The van der Waals surface area contributed by atoms with Crippen molar-refractivity contribution in [1.29, 1.82) is 0 Å². The fourth-order valence-electron chi connectivity index (χ4n) is 3.87. The summed E-state index contributed by atoms with van der Waals surface area (Å²) in [6, 6.07) is 6.84. The van der Waals surface area contributed by atoms with Crippen LogP contribution >= 0.6 is 0 Å². The highest BCUT2D eigenvalue weighted by molar-refractivity contribution is 5.98. The molecule has 0 amide bonds. The number of aromatic hydroxyl groups is 1. The van der Waals surface area contributed by atoms with Gasteiger partial charge in [0.05, 0.1) is 6.10 Å². The number of Topliss-reactive ketones (excluding diaryl/α,β-unsaturated/α-hetero) is 1. The van der Waals surface area contributed by atoms with Crippen molar-refractivity contribution in [2.24, 2.45) is 5.92 Å². The number of hydrogen-bond acceptors (Lipinski definition) is 4. The molecule has 0 spiro atoms. The van der Waals surface area contributed by atoms with E-state index >= 15 is 0 Å². The van der Waals surface area contributed by atoms with Crippen molar-refractivity contribution in [2.75, 3.05) is 13.1 Å². The van der Waals surface area contributed by atoms with E-state index < -0.39 is 0 Å². The number of piperidine rings is 1. The van der Waals surface area contributed by atoms with E-state index in [1.54, 1.807) is 24.3 Å². The van der Waals surface area contributed by atoms with Gasteiger partial charge in [0, 0.05) is 17.5 Å². The molecule has 2 fully saturated rings. The first-order valence-electron chi connectivity index (χ1n) is 8.40. The first kappa shape index (κ1) is 15.5. The third-order valence-corrected chi connectivity index (χ3v) is 5.22. The second-order valence-corrected chi connectivity index (χ2v) is 6.64. The third-order valence-electron chi connectivity index (χ3n) is 5.22. The van der Waals surface area contributed by atoms with E-state index in [-0.39, 0.29) is 23.6 Å². The van der Waals surface area contributed by atoms with E-state index in [2.05, 4.69) is 4.90 Å². The molecule has 1 saturated heterocycles. The van der Waals surface area contributed by atoms with Gasteiger partial charge in [-0.1, -0.05) is 12.8 Å². The highest BCUT2D eigenvalue weighted by Crippen LogP contribution is 2.29. The second kappa shape index (κ2) is 6.80. The summed E-state index contributed by atoms with van der Waals surface area (Å²) in [5, 5.41) is 19.5. The molecule has 1 aromatic carbocycles. The number of hydrogen-bond donors (Lipinski definition) is 2. The largest absolute Gasteiger partial charge is 0.508 e. The Morgan fingerprint density at radius 2 is 1.64 bits per heavy atom. The number of likely N-dealkylation sites (tertiary alicyclic amines) is 1. The van der Waals surface area contributed by atoms with Crippen LogP contribution in [-0.4, -0.2) is 46.1 Å². The van der Waals surface area contributed by atoms with Gasteiger partial charge in [-0.2, -0.15) is 0 Å². The van der Waals surface area contributed by atoms with Crippen molar-refractivity contribution in [3.8, 4) is 5.75 Å². The van der Waals surface area contributed by atoms with Crippen LogP contribution in [-0.2, 0) is 0 Å². The van der Waals surface area contributed by atoms with Crippen molar-refractivity contribution >= 4 is 5.78 Å². The van der Waals surface area contributed by atoms with Gasteiger partial charge in [-0.05, 0) is 63.0 Å². The number of aliphatic hydroxyl groups excluding tert-OH is 1. The summed E-state index contributed by atoms with van der Waals surface area (Å²) >= 11 is 0. The number of ketones is 1. The highest BCUT2D eigenvalue weighted by Gasteiger charge is 2.33. The number of rotatable bonds is 3. The van der Waals surface area contributed by atoms with Gasteiger partial charge in [0.1, 0.15) is 5.75 Å². The maximum absolute atomic E-state index is 12.5. The van der Waals surface area contributed by atoms with E-state index in [0.717, 1.165) is 45.2 Å². The Bertz CT molecular complexity index is 506. The summed E-state index contributed by atoms with van der Waals surface area (Å²) < 4.78 is 0. The first-order valence-corrected chi connectivity index (χ1v) is 8.40. The number of aliphatic hydroxyl groups is 1. The van der Waals surface area contributed by atoms with E-state index in [9.17, 15) is 15.0 Å². The van der Waals surface area contributed by atoms with E-state index in [1.807, 2.05) is 0 Å². The SMILES string of the molecule is O=C(c1ccc(O)cc1)C1CCN(C2CCCCC2O)CC1. The van der Waals surface area contributed by atoms with Crippen LogP contribution in [0.2, 0.25) is 0 Å². The van der Waals surface area contributed by atoms with Crippen molar-refractivity contribution in [3.63, 3.8) is 0 Å². The molecule has 0 radical (unpaired) electrons. The molecule has 1 aliphatic carbocycles. The molecule has 2 N–H and O–H groups in total. The van der Waals surface area contributed by atoms with Crippen molar-refractivity contribution in [1.82, 2.24) is 4.90 Å². The molecule has 1 aromatic rings. The van der Waals surface area contributed by atoms with Crippen molar-refractivity contribution < 1.29 is 15.0 Å². The summed E-state index contributed by atoms with van der Waals surface area (Å²) in [5.41, 5.74) is 0.689. The standard InChI is InChI=1S/C18H25NO3/c20-15-7-5-13(6-8-15)18(22)14-9-11-19(12-10-14)16-3-1-2-4-17(16)21/h5-8,14,16-17,20-21H,1-4,9-12H2. The van der Waals surface area contributed by atoms with Gasteiger partial charge >= 0.3 is 0 Å². The summed E-state index contributed by atoms with van der Waals surface area (Å²) in [5.74, 6) is 0.447. The minimum Gasteiger partial charge on any atom is -0.508 e. The smallest absolute Gasteiger partial charge is 0.166 e. The molecular formula is C18H25NO3. The zero-order valence-electron chi connectivity index (χ0n) is 12.9. The molecule has 2 atom stereocenters. The van der Waals surface area contributed by atoms with Gasteiger partial charge in [0.15, 0.2) is 5.78 Å². The molecule has 4 heteroatoms. The second-order valence-electron chi connectivity index (χ2n) is 6.64. The Labute approximate surface area is 131 Å². The van der Waals surface area contributed by atoms with Crippen molar-refractivity contribution in [3.05, 3.63) is 29.8 Å². The van der Waals surface area contributed by atoms with Gasteiger partial charge in [0.25, 0.3) is 0 Å². The Morgan fingerprint density at radius 1 is 1.00 bits per heavy atom. The Balaban J connectivity index is 1.57. The zero-order valence-corrected chi connectivity index (χ0v) is 12.9. The molecule has 1 saturated carbocycles. The van der Waals surface area contributed by atoms with E-state index in [1.165, 1.54) is 6.42 Å². The van der Waals surface area contributed by atoms with Crippen LogP contribution in [0.1, 0.15) is 48.9 Å². The molecule has 0 aromatic heterocycles. The molecule has 4 nitrogen and oxygen atoms in total. The maximum atomic E-state index is 12.5. The molecular weight excluding hydrogens is 278 g/mol. The van der Waals surface area contributed by atoms with Gasteiger partial charge in [-0.3, -0.25) is 9.69 Å². The molecule has 3 rings (SSSR count). The maximum Gasteiger partial charge on any atom is 0.166 e. The molecule has 2 aliphatic rings. The summed E-state index contributed by atoms with van der Waals surface area (Å²) in [6.45, 7) is 1.80. The average Bonchev–Trinajstić information content (AvgIpc) is 2.56. The minimum absolute atomic E-state index is 0.0709. The molecule has 22 heavy (non-hydrogen) atoms. The number of nitrogens with zero attached hydrogens (tertiary/aromatic N) is 1. The summed E-state index contributed by atoms with van der Waals surface area (Å²) in [6.07, 6.45) is 5.86. The molecule has 120 valence electrons. The molecule has 1 aliphatic heterocycles. The summed E-state index contributed by atoms with van der Waals surface area (Å²) in [4.78, 5) is 14.9. The lowest BCUT2D eigenvalue weighted by molar-refractivity contribution is 0.00500. The first-order chi connectivity index (χ1) is 10.6. The minimum atomic E-state index is -0.196. The molecule has 0 bridgehead atoms. The fourth-order valence-corrected chi connectivity index (χ4v) is 3.87. The lowest BCUT2D eigenvalue weighted by atomic mass is 9.85. The number of carbonyl (C=O) groups is 1. The lowest BCUT2D eigenvalue weighted by Gasteiger charge is -2.41. The van der Waals surface area contributed by atoms with Crippen LogP contribution in [0.25, 0.3) is 0 Å². The average molecular weight is 303 g/mol. The van der Waals surface area contributed by atoms with E-state index in [0.29, 0.717) is 11.6 Å². The highest BCUT2D eigenvalue weighted by atomic mass is 16.3. The number of carbonyl (C=O) groups excluding carboxylic acids is 1. The third kappa shape index (κ3) is 3.33. The monoisotopic (exact) mass is 303 g/mol. The number of benzene rings is 1. The van der Waals surface area contributed by atoms with Gasteiger partial charge in [-0.15, -0.1) is 0 Å². The predicted octanol–water partition coefficient (Wildman–Crippen LogP) is 2.59. The normalized spacial score (nSPS) is 27.7. The number of phenols is 1. The van der Waals surface area contributed by atoms with Crippen LogP contribution in [0.3, 0.4) is 0 Å². The summed E-state index contributed by atoms with van der Waals surface area (Å²) in [7, 11) is 0. The molecule has 1 heterocycles. The van der Waals surface area contributed by atoms with Gasteiger partial charge in [0.2, 0.25) is 0 Å². The van der Waals surface area contributed by atoms with Crippen LogP contribution < -0.4 is 0 Å². The van der Waals surface area contributed by atoms with Crippen LogP contribution in [0.5, 0.6) is 5.75 Å².